The van der Waals surface area contributed by atoms with Gasteiger partial charge in [-0.05, 0) is 28.1 Å². The van der Waals surface area contributed by atoms with Gasteiger partial charge in [-0.15, -0.1) is 11.3 Å². The Morgan fingerprint density at radius 1 is 1.60 bits per heavy atom. The minimum Gasteiger partial charge on any atom is -0.389 e. The van der Waals surface area contributed by atoms with Gasteiger partial charge in [-0.3, -0.25) is 4.90 Å². The molecule has 0 aromatic carbocycles. The first-order chi connectivity index (χ1) is 7.19. The quantitative estimate of drug-likeness (QED) is 0.920. The summed E-state index contributed by atoms with van der Waals surface area (Å²) in [5.41, 5.74) is 0. The highest BCUT2D eigenvalue weighted by molar-refractivity contribution is 9.11. The lowest BCUT2D eigenvalue weighted by molar-refractivity contribution is 0.0215. The van der Waals surface area contributed by atoms with Gasteiger partial charge in [0.05, 0.1) is 16.0 Å². The van der Waals surface area contributed by atoms with Crippen molar-refractivity contribution >= 4 is 27.3 Å². The minimum atomic E-state index is -0.349. The first kappa shape index (κ1) is 11.5. The zero-order chi connectivity index (χ0) is 10.8. The summed E-state index contributed by atoms with van der Waals surface area (Å²) < 4.78 is 6.35. The number of aliphatic hydroxyl groups is 1. The Bertz CT molecular complexity index is 331. The third-order valence-corrected chi connectivity index (χ3v) is 4.23. The normalized spacial score (nSPS) is 27.4. The Morgan fingerprint density at radius 2 is 2.40 bits per heavy atom. The van der Waals surface area contributed by atoms with Crippen LogP contribution in [-0.2, 0) is 11.3 Å². The van der Waals surface area contributed by atoms with Gasteiger partial charge >= 0.3 is 0 Å². The van der Waals surface area contributed by atoms with Gasteiger partial charge < -0.3 is 9.84 Å². The van der Waals surface area contributed by atoms with Gasteiger partial charge in [-0.1, -0.05) is 0 Å². The average Bonchev–Trinajstić information content (AvgIpc) is 2.73. The molecule has 0 amide bonds. The summed E-state index contributed by atoms with van der Waals surface area (Å²) in [5.74, 6) is 0. The molecule has 1 aliphatic rings. The molecule has 1 aliphatic heterocycles. The van der Waals surface area contributed by atoms with Crippen molar-refractivity contribution in [1.82, 2.24) is 4.90 Å². The topological polar surface area (TPSA) is 32.7 Å². The SMILES string of the molecule is CO[C@@H]1CN(Cc2ccc(Br)s2)C[C@H]1O. The van der Waals surface area contributed by atoms with Crippen LogP contribution in [-0.4, -0.2) is 42.4 Å². The molecule has 1 aromatic rings. The lowest BCUT2D eigenvalue weighted by atomic mass is 10.3. The van der Waals surface area contributed by atoms with E-state index in [0.29, 0.717) is 6.54 Å². The van der Waals surface area contributed by atoms with Crippen molar-refractivity contribution in [2.45, 2.75) is 18.8 Å². The molecule has 0 spiro atoms. The Kier molecular flexibility index (Phi) is 3.79. The van der Waals surface area contributed by atoms with Crippen LogP contribution >= 0.6 is 27.3 Å². The molecular formula is C10H14BrNO2S. The molecule has 3 nitrogen and oxygen atoms in total. The molecule has 2 rings (SSSR count). The number of thiophene rings is 1. The van der Waals surface area contributed by atoms with E-state index in [2.05, 4.69) is 33.0 Å². The van der Waals surface area contributed by atoms with Crippen molar-refractivity contribution in [1.29, 1.82) is 0 Å². The predicted molar refractivity (Wildman–Crippen MR) is 64.1 cm³/mol. The van der Waals surface area contributed by atoms with E-state index < -0.39 is 0 Å². The molecular weight excluding hydrogens is 278 g/mol. The van der Waals surface area contributed by atoms with Gasteiger partial charge in [0.25, 0.3) is 0 Å². The second-order valence-corrected chi connectivity index (χ2v) is 6.29. The molecule has 0 bridgehead atoms. The van der Waals surface area contributed by atoms with Crippen LogP contribution in [0.25, 0.3) is 0 Å². The van der Waals surface area contributed by atoms with Crippen LogP contribution in [0.15, 0.2) is 15.9 Å². The van der Waals surface area contributed by atoms with E-state index in [0.717, 1.165) is 16.9 Å². The van der Waals surface area contributed by atoms with Crippen LogP contribution < -0.4 is 0 Å². The maximum Gasteiger partial charge on any atom is 0.0969 e. The molecule has 15 heavy (non-hydrogen) atoms. The van der Waals surface area contributed by atoms with E-state index in [-0.39, 0.29) is 12.2 Å². The molecule has 84 valence electrons. The van der Waals surface area contributed by atoms with E-state index >= 15 is 0 Å². The summed E-state index contributed by atoms with van der Waals surface area (Å²) in [7, 11) is 1.65. The summed E-state index contributed by atoms with van der Waals surface area (Å²) in [5, 5.41) is 9.67. The van der Waals surface area contributed by atoms with Gasteiger partial charge in [0, 0.05) is 31.6 Å². The number of hydrogen-bond acceptors (Lipinski definition) is 4. The molecule has 2 atom stereocenters. The van der Waals surface area contributed by atoms with Gasteiger partial charge in [-0.2, -0.15) is 0 Å². The smallest absolute Gasteiger partial charge is 0.0969 e. The minimum absolute atomic E-state index is 0.0339. The standard InChI is InChI=1S/C10H14BrNO2S/c1-14-9-6-12(5-8(9)13)4-7-2-3-10(11)15-7/h2-3,8-9,13H,4-6H2,1H3/t8-,9-/m1/s1. The van der Waals surface area contributed by atoms with Gasteiger partial charge in [-0.25, -0.2) is 0 Å². The summed E-state index contributed by atoms with van der Waals surface area (Å²) >= 11 is 5.18. The zero-order valence-corrected chi connectivity index (χ0v) is 10.9. The first-order valence-electron chi connectivity index (χ1n) is 4.86. The molecule has 1 saturated heterocycles. The number of hydrogen-bond donors (Lipinski definition) is 1. The third kappa shape index (κ3) is 2.79. The number of ether oxygens (including phenoxy) is 1. The van der Waals surface area contributed by atoms with E-state index in [1.54, 1.807) is 18.4 Å². The van der Waals surface area contributed by atoms with Crippen molar-refractivity contribution in [3.63, 3.8) is 0 Å². The lowest BCUT2D eigenvalue weighted by Crippen LogP contribution is -2.25. The van der Waals surface area contributed by atoms with Crippen molar-refractivity contribution in [3.8, 4) is 0 Å². The average molecular weight is 292 g/mol. The molecule has 0 unspecified atom stereocenters. The molecule has 0 radical (unpaired) electrons. The fraction of sp³-hybridized carbons (Fsp3) is 0.600. The van der Waals surface area contributed by atoms with Gasteiger partial charge in [0.1, 0.15) is 0 Å². The number of rotatable bonds is 3. The van der Waals surface area contributed by atoms with Gasteiger partial charge in [0.2, 0.25) is 0 Å². The first-order valence-corrected chi connectivity index (χ1v) is 6.47. The summed E-state index contributed by atoms with van der Waals surface area (Å²) in [6.07, 6.45) is -0.383. The highest BCUT2D eigenvalue weighted by Crippen LogP contribution is 2.25. The largest absolute Gasteiger partial charge is 0.389 e. The fourth-order valence-electron chi connectivity index (χ4n) is 1.85. The number of halogens is 1. The molecule has 0 aliphatic carbocycles. The number of methoxy groups -OCH3 is 1. The Hall–Kier alpha value is 0.0600. The van der Waals surface area contributed by atoms with E-state index in [1.165, 1.54) is 4.88 Å². The van der Waals surface area contributed by atoms with Crippen molar-refractivity contribution in [2.75, 3.05) is 20.2 Å². The predicted octanol–water partition coefficient (Wildman–Crippen LogP) is 1.70. The zero-order valence-electron chi connectivity index (χ0n) is 8.52. The van der Waals surface area contributed by atoms with Crippen molar-refractivity contribution < 1.29 is 9.84 Å². The van der Waals surface area contributed by atoms with Crippen molar-refractivity contribution in [3.05, 3.63) is 20.8 Å². The van der Waals surface area contributed by atoms with Gasteiger partial charge in [0.15, 0.2) is 0 Å². The third-order valence-electron chi connectivity index (χ3n) is 2.62. The maximum atomic E-state index is 9.67. The molecule has 1 fully saturated rings. The molecule has 0 saturated carbocycles. The van der Waals surface area contributed by atoms with E-state index in [1.807, 2.05) is 0 Å². The second kappa shape index (κ2) is 4.93. The van der Waals surface area contributed by atoms with E-state index in [4.69, 9.17) is 4.74 Å². The fourth-order valence-corrected chi connectivity index (χ4v) is 3.38. The number of aliphatic hydroxyl groups excluding tert-OH is 1. The monoisotopic (exact) mass is 291 g/mol. The van der Waals surface area contributed by atoms with Crippen LogP contribution in [0, 0.1) is 0 Å². The van der Waals surface area contributed by atoms with Crippen LogP contribution in [0.5, 0.6) is 0 Å². The summed E-state index contributed by atoms with van der Waals surface area (Å²) in [4.78, 5) is 3.53. The van der Waals surface area contributed by atoms with E-state index in [9.17, 15) is 5.11 Å². The van der Waals surface area contributed by atoms with Crippen LogP contribution in [0.4, 0.5) is 0 Å². The van der Waals surface area contributed by atoms with Crippen molar-refractivity contribution in [2.24, 2.45) is 0 Å². The molecule has 1 aromatic heterocycles. The van der Waals surface area contributed by atoms with Crippen LogP contribution in [0.1, 0.15) is 4.88 Å². The lowest BCUT2D eigenvalue weighted by Gasteiger charge is -2.13. The summed E-state index contributed by atoms with van der Waals surface area (Å²) in [6.45, 7) is 2.41. The highest BCUT2D eigenvalue weighted by atomic mass is 79.9. The molecule has 1 N–H and O–H groups in total. The number of likely N-dealkylation sites (tertiary alicyclic amines) is 1. The Balaban J connectivity index is 1.92. The Morgan fingerprint density at radius 3 is 2.93 bits per heavy atom. The maximum absolute atomic E-state index is 9.67. The highest BCUT2D eigenvalue weighted by Gasteiger charge is 2.31. The summed E-state index contributed by atoms with van der Waals surface area (Å²) in [6, 6.07) is 4.17. The van der Waals surface area contributed by atoms with Crippen LogP contribution in [0.3, 0.4) is 0 Å². The van der Waals surface area contributed by atoms with Crippen LogP contribution in [0.2, 0.25) is 0 Å². The molecule has 5 heteroatoms. The number of β-amino-alcohol motifs (C(OH)–C–C–N with tert-alkyl or cyclic N) is 1. The molecule has 2 heterocycles. The second-order valence-electron chi connectivity index (χ2n) is 3.74. The Labute approximate surface area is 102 Å². The number of nitrogens with zero attached hydrogens (tertiary/aromatic N) is 1.